The summed E-state index contributed by atoms with van der Waals surface area (Å²) in [4.78, 5) is 26.2. The first kappa shape index (κ1) is 17.3. The van der Waals surface area contributed by atoms with Crippen molar-refractivity contribution in [1.82, 2.24) is 25.2 Å². The van der Waals surface area contributed by atoms with Crippen LogP contribution in [0.1, 0.15) is 19.8 Å². The first-order valence-corrected chi connectivity index (χ1v) is 9.43. The predicted octanol–water partition coefficient (Wildman–Crippen LogP) is 3.23. The Morgan fingerprint density at radius 2 is 2.07 bits per heavy atom. The summed E-state index contributed by atoms with van der Waals surface area (Å²) >= 11 is 0. The number of urea groups is 1. The Kier molecular flexibility index (Phi) is 4.91. The van der Waals surface area contributed by atoms with E-state index in [0.717, 1.165) is 48.1 Å². The molecule has 27 heavy (non-hydrogen) atoms. The van der Waals surface area contributed by atoms with Gasteiger partial charge in [0.1, 0.15) is 0 Å². The number of hydrogen-bond acceptors (Lipinski definition) is 4. The average molecular weight is 364 g/mol. The molecule has 2 amide bonds. The fourth-order valence-corrected chi connectivity index (χ4v) is 3.53. The van der Waals surface area contributed by atoms with Gasteiger partial charge in [-0.15, -0.1) is 0 Å². The van der Waals surface area contributed by atoms with Crippen LogP contribution in [0.4, 0.5) is 10.7 Å². The number of para-hydroxylation sites is 1. The smallest absolute Gasteiger partial charge is 0.317 e. The van der Waals surface area contributed by atoms with Gasteiger partial charge < -0.3 is 20.5 Å². The number of amides is 2. The molecule has 1 aliphatic rings. The van der Waals surface area contributed by atoms with Crippen LogP contribution in [0.5, 0.6) is 0 Å². The molecular weight excluding hydrogens is 340 g/mol. The molecule has 0 aliphatic carbocycles. The van der Waals surface area contributed by atoms with Crippen LogP contribution in [0.3, 0.4) is 0 Å². The van der Waals surface area contributed by atoms with E-state index in [2.05, 4.69) is 32.7 Å². The van der Waals surface area contributed by atoms with Crippen LogP contribution in [-0.4, -0.2) is 51.6 Å². The molecule has 0 radical (unpaired) electrons. The molecule has 3 aromatic rings. The Bertz CT molecular complexity index is 929. The number of nitrogens with one attached hydrogen (secondary N) is 3. The van der Waals surface area contributed by atoms with Gasteiger partial charge in [-0.05, 0) is 31.9 Å². The third-order valence-electron chi connectivity index (χ3n) is 4.96. The second-order valence-electron chi connectivity index (χ2n) is 6.75. The molecule has 0 saturated carbocycles. The van der Waals surface area contributed by atoms with E-state index in [1.807, 2.05) is 36.2 Å². The van der Waals surface area contributed by atoms with Crippen LogP contribution in [0.25, 0.3) is 22.2 Å². The lowest BCUT2D eigenvalue weighted by Gasteiger charge is -2.32. The van der Waals surface area contributed by atoms with E-state index < -0.39 is 0 Å². The molecule has 0 spiro atoms. The maximum absolute atomic E-state index is 11.9. The van der Waals surface area contributed by atoms with Gasteiger partial charge in [-0.2, -0.15) is 0 Å². The zero-order valence-corrected chi connectivity index (χ0v) is 15.4. The number of likely N-dealkylation sites (tertiary alicyclic amines) is 1. The van der Waals surface area contributed by atoms with Gasteiger partial charge in [-0.1, -0.05) is 18.2 Å². The number of carbonyl (C=O) groups is 1. The molecule has 1 fully saturated rings. The monoisotopic (exact) mass is 364 g/mol. The van der Waals surface area contributed by atoms with Crippen molar-refractivity contribution in [3.05, 3.63) is 42.7 Å². The van der Waals surface area contributed by atoms with E-state index in [9.17, 15) is 4.79 Å². The van der Waals surface area contributed by atoms with Crippen LogP contribution in [0, 0.1) is 0 Å². The van der Waals surface area contributed by atoms with Gasteiger partial charge in [-0.25, -0.2) is 14.8 Å². The fraction of sp³-hybridized carbons (Fsp3) is 0.350. The standard InChI is InChI=1S/C20H24N6O/c1-2-21-20(27)26-11-8-14(9-12-26)24-19-22-10-7-18(25-19)16-13-23-17-6-4-3-5-15(16)17/h3-7,10,13-14,23H,2,8-9,11-12H2,1H3,(H,21,27)(H,22,24,25). The number of anilines is 1. The molecule has 0 atom stereocenters. The fourth-order valence-electron chi connectivity index (χ4n) is 3.53. The molecular formula is C20H24N6O. The van der Waals surface area contributed by atoms with E-state index in [1.165, 1.54) is 0 Å². The van der Waals surface area contributed by atoms with Crippen molar-refractivity contribution in [2.24, 2.45) is 0 Å². The molecule has 4 rings (SSSR count). The summed E-state index contributed by atoms with van der Waals surface area (Å²) in [6.45, 7) is 4.08. The molecule has 140 valence electrons. The lowest BCUT2D eigenvalue weighted by molar-refractivity contribution is 0.184. The van der Waals surface area contributed by atoms with E-state index in [4.69, 9.17) is 4.98 Å². The van der Waals surface area contributed by atoms with Crippen LogP contribution in [0.15, 0.2) is 42.7 Å². The zero-order valence-electron chi connectivity index (χ0n) is 15.4. The van der Waals surface area contributed by atoms with Gasteiger partial charge in [-0.3, -0.25) is 0 Å². The Hall–Kier alpha value is -3.09. The minimum Gasteiger partial charge on any atom is -0.360 e. The van der Waals surface area contributed by atoms with Gasteiger partial charge >= 0.3 is 6.03 Å². The van der Waals surface area contributed by atoms with Crippen molar-refractivity contribution in [2.75, 3.05) is 25.0 Å². The summed E-state index contributed by atoms with van der Waals surface area (Å²) in [6, 6.07) is 10.4. The Morgan fingerprint density at radius 3 is 2.89 bits per heavy atom. The highest BCUT2D eigenvalue weighted by Crippen LogP contribution is 2.27. The number of rotatable bonds is 4. The second kappa shape index (κ2) is 7.65. The van der Waals surface area contributed by atoms with Gasteiger partial charge in [0.25, 0.3) is 0 Å². The molecule has 7 nitrogen and oxygen atoms in total. The Morgan fingerprint density at radius 1 is 1.26 bits per heavy atom. The lowest BCUT2D eigenvalue weighted by atomic mass is 10.1. The van der Waals surface area contributed by atoms with Crippen molar-refractivity contribution >= 4 is 22.9 Å². The molecule has 3 heterocycles. The van der Waals surface area contributed by atoms with E-state index >= 15 is 0 Å². The minimum absolute atomic E-state index is 0.0218. The largest absolute Gasteiger partial charge is 0.360 e. The van der Waals surface area contributed by atoms with Crippen LogP contribution in [0.2, 0.25) is 0 Å². The van der Waals surface area contributed by atoms with Gasteiger partial charge in [0.15, 0.2) is 0 Å². The van der Waals surface area contributed by atoms with Gasteiger partial charge in [0.2, 0.25) is 5.95 Å². The van der Waals surface area contributed by atoms with Crippen molar-refractivity contribution in [1.29, 1.82) is 0 Å². The summed E-state index contributed by atoms with van der Waals surface area (Å²) in [7, 11) is 0. The number of aromatic nitrogens is 3. The third kappa shape index (κ3) is 3.72. The quantitative estimate of drug-likeness (QED) is 0.663. The number of nitrogens with zero attached hydrogens (tertiary/aromatic N) is 3. The highest BCUT2D eigenvalue weighted by Gasteiger charge is 2.23. The summed E-state index contributed by atoms with van der Waals surface area (Å²) in [6.07, 6.45) is 5.55. The van der Waals surface area contributed by atoms with E-state index in [1.54, 1.807) is 6.20 Å². The minimum atomic E-state index is 0.0218. The van der Waals surface area contributed by atoms with Crippen LogP contribution >= 0.6 is 0 Å². The number of fused-ring (bicyclic) bond motifs is 1. The van der Waals surface area contributed by atoms with Gasteiger partial charge in [0, 0.05) is 54.5 Å². The van der Waals surface area contributed by atoms with Crippen molar-refractivity contribution < 1.29 is 4.79 Å². The van der Waals surface area contributed by atoms with Crippen LogP contribution < -0.4 is 10.6 Å². The summed E-state index contributed by atoms with van der Waals surface area (Å²) in [5.41, 5.74) is 3.06. The van der Waals surface area contributed by atoms with Crippen LogP contribution in [-0.2, 0) is 0 Å². The SMILES string of the molecule is CCNC(=O)N1CCC(Nc2nccc(-c3c[nH]c4ccccc34)n2)CC1. The summed E-state index contributed by atoms with van der Waals surface area (Å²) in [5.74, 6) is 0.634. The van der Waals surface area contributed by atoms with Crippen molar-refractivity contribution in [2.45, 2.75) is 25.8 Å². The van der Waals surface area contributed by atoms with Gasteiger partial charge in [0.05, 0.1) is 5.69 Å². The second-order valence-corrected chi connectivity index (χ2v) is 6.75. The number of benzene rings is 1. The van der Waals surface area contributed by atoms with Crippen molar-refractivity contribution in [3.63, 3.8) is 0 Å². The first-order chi connectivity index (χ1) is 13.2. The Labute approximate surface area is 158 Å². The van der Waals surface area contributed by atoms with Crippen molar-refractivity contribution in [3.8, 4) is 11.3 Å². The van der Waals surface area contributed by atoms with E-state index in [-0.39, 0.29) is 12.1 Å². The molecule has 1 aromatic carbocycles. The number of piperidine rings is 1. The molecule has 0 unspecified atom stereocenters. The molecule has 0 bridgehead atoms. The number of H-pyrrole nitrogens is 1. The molecule has 1 aliphatic heterocycles. The molecule has 7 heteroatoms. The third-order valence-corrected chi connectivity index (χ3v) is 4.96. The molecule has 2 aromatic heterocycles. The predicted molar refractivity (Wildman–Crippen MR) is 107 cm³/mol. The zero-order chi connectivity index (χ0) is 18.6. The first-order valence-electron chi connectivity index (χ1n) is 9.43. The number of hydrogen-bond donors (Lipinski definition) is 3. The molecule has 3 N–H and O–H groups in total. The summed E-state index contributed by atoms with van der Waals surface area (Å²) < 4.78 is 0. The number of carbonyl (C=O) groups excluding carboxylic acids is 1. The highest BCUT2D eigenvalue weighted by molar-refractivity contribution is 5.94. The maximum Gasteiger partial charge on any atom is 0.317 e. The normalized spacial score (nSPS) is 15.1. The maximum atomic E-state index is 11.9. The lowest BCUT2D eigenvalue weighted by Crippen LogP contribution is -2.46. The average Bonchev–Trinajstić information content (AvgIpc) is 3.13. The highest BCUT2D eigenvalue weighted by atomic mass is 16.2. The topological polar surface area (TPSA) is 85.9 Å². The van der Waals surface area contributed by atoms with E-state index in [0.29, 0.717) is 12.5 Å². The summed E-state index contributed by atoms with van der Waals surface area (Å²) in [5, 5.41) is 7.44. The Balaban J connectivity index is 1.44. The molecule has 1 saturated heterocycles. The number of aromatic amines is 1.